The number of ether oxygens (including phenoxy) is 1. The van der Waals surface area contributed by atoms with Crippen LogP contribution in [-0.2, 0) is 0 Å². The molecule has 0 spiro atoms. The fourth-order valence-corrected chi connectivity index (χ4v) is 1.47. The Kier molecular flexibility index (Phi) is 5.61. The summed E-state index contributed by atoms with van der Waals surface area (Å²) in [5.74, 6) is 1.96. The second-order valence-electron chi connectivity index (χ2n) is 3.71. The first-order valence-electron chi connectivity index (χ1n) is 5.99. The van der Waals surface area contributed by atoms with Gasteiger partial charge in [0.1, 0.15) is 0 Å². The fraction of sp³-hybridized carbons (Fsp3) is 0.667. The molecule has 4 heteroatoms. The molecule has 1 N–H and O–H groups in total. The summed E-state index contributed by atoms with van der Waals surface area (Å²) < 4.78 is 5.31. The van der Waals surface area contributed by atoms with Crippen LogP contribution in [0.4, 0.5) is 5.95 Å². The third-order valence-corrected chi connectivity index (χ3v) is 2.63. The van der Waals surface area contributed by atoms with Crippen molar-refractivity contribution < 1.29 is 4.74 Å². The van der Waals surface area contributed by atoms with Crippen LogP contribution in [0.2, 0.25) is 0 Å². The van der Waals surface area contributed by atoms with E-state index in [1.165, 1.54) is 12.8 Å². The van der Waals surface area contributed by atoms with E-state index in [2.05, 4.69) is 29.1 Å². The molecule has 0 bridgehead atoms. The average Bonchev–Trinajstić information content (AvgIpc) is 2.31. The molecular weight excluding hydrogens is 202 g/mol. The van der Waals surface area contributed by atoms with Gasteiger partial charge in [-0.3, -0.25) is 0 Å². The van der Waals surface area contributed by atoms with Crippen molar-refractivity contribution in [3.05, 3.63) is 12.3 Å². The van der Waals surface area contributed by atoms with Gasteiger partial charge in [0.15, 0.2) is 0 Å². The molecule has 0 atom stereocenters. The van der Waals surface area contributed by atoms with Gasteiger partial charge in [0.05, 0.1) is 6.61 Å². The molecular formula is C12H21N3O. The van der Waals surface area contributed by atoms with Gasteiger partial charge in [0.2, 0.25) is 11.8 Å². The van der Waals surface area contributed by atoms with Crippen LogP contribution < -0.4 is 10.1 Å². The van der Waals surface area contributed by atoms with E-state index in [9.17, 15) is 0 Å². The molecule has 0 fully saturated rings. The number of anilines is 1. The first-order chi connectivity index (χ1) is 7.80. The molecule has 1 aromatic rings. The third kappa shape index (κ3) is 4.04. The topological polar surface area (TPSA) is 47.0 Å². The van der Waals surface area contributed by atoms with E-state index in [0.717, 1.165) is 6.54 Å². The van der Waals surface area contributed by atoms with Crippen molar-refractivity contribution >= 4 is 5.95 Å². The Morgan fingerprint density at radius 1 is 1.31 bits per heavy atom. The molecule has 0 unspecified atom stereocenters. The van der Waals surface area contributed by atoms with Gasteiger partial charge in [-0.1, -0.05) is 26.7 Å². The number of nitrogens with one attached hydrogen (secondary N) is 1. The SMILES string of the molecule is CCOc1ccnc(NCC(CC)CC)n1. The van der Waals surface area contributed by atoms with Crippen molar-refractivity contribution in [2.75, 3.05) is 18.5 Å². The highest BCUT2D eigenvalue weighted by molar-refractivity contribution is 5.27. The molecule has 0 amide bonds. The molecule has 0 aliphatic rings. The summed E-state index contributed by atoms with van der Waals surface area (Å²) in [4.78, 5) is 8.42. The van der Waals surface area contributed by atoms with Crippen molar-refractivity contribution in [1.29, 1.82) is 0 Å². The number of hydrogen-bond acceptors (Lipinski definition) is 4. The van der Waals surface area contributed by atoms with Crippen molar-refractivity contribution in [2.24, 2.45) is 5.92 Å². The molecule has 0 saturated carbocycles. The highest BCUT2D eigenvalue weighted by Gasteiger charge is 2.04. The average molecular weight is 223 g/mol. The predicted molar refractivity (Wildman–Crippen MR) is 65.8 cm³/mol. The lowest BCUT2D eigenvalue weighted by atomic mass is 10.0. The Balaban J connectivity index is 2.49. The van der Waals surface area contributed by atoms with Crippen LogP contribution in [0.15, 0.2) is 12.3 Å². The highest BCUT2D eigenvalue weighted by atomic mass is 16.5. The summed E-state index contributed by atoms with van der Waals surface area (Å²) in [6, 6.07) is 1.77. The second kappa shape index (κ2) is 7.04. The lowest BCUT2D eigenvalue weighted by molar-refractivity contribution is 0.326. The Hall–Kier alpha value is -1.32. The molecule has 1 aromatic heterocycles. The zero-order valence-electron chi connectivity index (χ0n) is 10.4. The first-order valence-corrected chi connectivity index (χ1v) is 5.99. The minimum absolute atomic E-state index is 0.628. The van der Waals surface area contributed by atoms with Gasteiger partial charge in [-0.2, -0.15) is 4.98 Å². The van der Waals surface area contributed by atoms with E-state index in [-0.39, 0.29) is 0 Å². The van der Waals surface area contributed by atoms with Gasteiger partial charge in [0, 0.05) is 18.8 Å². The monoisotopic (exact) mass is 223 g/mol. The Bertz CT molecular complexity index is 300. The lowest BCUT2D eigenvalue weighted by Gasteiger charge is -2.13. The van der Waals surface area contributed by atoms with E-state index < -0.39 is 0 Å². The van der Waals surface area contributed by atoms with Crippen molar-refractivity contribution in [2.45, 2.75) is 33.6 Å². The smallest absolute Gasteiger partial charge is 0.225 e. The van der Waals surface area contributed by atoms with Gasteiger partial charge in [0.25, 0.3) is 0 Å². The summed E-state index contributed by atoms with van der Waals surface area (Å²) in [5.41, 5.74) is 0. The lowest BCUT2D eigenvalue weighted by Crippen LogP contribution is -2.14. The van der Waals surface area contributed by atoms with E-state index in [1.807, 2.05) is 6.92 Å². The van der Waals surface area contributed by atoms with Crippen molar-refractivity contribution in [1.82, 2.24) is 9.97 Å². The van der Waals surface area contributed by atoms with Crippen molar-refractivity contribution in [3.8, 4) is 5.88 Å². The summed E-state index contributed by atoms with van der Waals surface area (Å²) in [5, 5.41) is 3.24. The van der Waals surface area contributed by atoms with Gasteiger partial charge in [-0.05, 0) is 12.8 Å². The molecule has 0 aliphatic heterocycles. The maximum Gasteiger partial charge on any atom is 0.225 e. The summed E-state index contributed by atoms with van der Waals surface area (Å²) in [6.07, 6.45) is 4.07. The predicted octanol–water partition coefficient (Wildman–Crippen LogP) is 2.72. The summed E-state index contributed by atoms with van der Waals surface area (Å²) >= 11 is 0. The molecule has 90 valence electrons. The molecule has 1 heterocycles. The minimum atomic E-state index is 0.628. The Morgan fingerprint density at radius 3 is 2.69 bits per heavy atom. The molecule has 16 heavy (non-hydrogen) atoms. The van der Waals surface area contributed by atoms with Crippen LogP contribution in [0.5, 0.6) is 5.88 Å². The van der Waals surface area contributed by atoms with Gasteiger partial charge in [-0.25, -0.2) is 4.98 Å². The quantitative estimate of drug-likeness (QED) is 0.772. The zero-order valence-corrected chi connectivity index (χ0v) is 10.4. The van der Waals surface area contributed by atoms with Crippen LogP contribution in [0.3, 0.4) is 0 Å². The zero-order chi connectivity index (χ0) is 11.8. The van der Waals surface area contributed by atoms with Crippen LogP contribution in [0.25, 0.3) is 0 Å². The fourth-order valence-electron chi connectivity index (χ4n) is 1.47. The van der Waals surface area contributed by atoms with E-state index in [4.69, 9.17) is 4.74 Å². The van der Waals surface area contributed by atoms with Crippen LogP contribution in [-0.4, -0.2) is 23.1 Å². The third-order valence-electron chi connectivity index (χ3n) is 2.63. The van der Waals surface area contributed by atoms with Crippen molar-refractivity contribution in [3.63, 3.8) is 0 Å². The van der Waals surface area contributed by atoms with E-state index >= 15 is 0 Å². The number of nitrogens with zero attached hydrogens (tertiary/aromatic N) is 2. The molecule has 4 nitrogen and oxygen atoms in total. The van der Waals surface area contributed by atoms with Gasteiger partial charge in [-0.15, -0.1) is 0 Å². The van der Waals surface area contributed by atoms with E-state index in [0.29, 0.717) is 24.4 Å². The van der Waals surface area contributed by atoms with Gasteiger partial charge < -0.3 is 10.1 Å². The highest BCUT2D eigenvalue weighted by Crippen LogP contribution is 2.11. The normalized spacial score (nSPS) is 10.5. The van der Waals surface area contributed by atoms with E-state index in [1.54, 1.807) is 12.3 Å². The standard InChI is InChI=1S/C12H21N3O/c1-4-10(5-2)9-14-12-13-8-7-11(15-12)16-6-3/h7-8,10H,4-6,9H2,1-3H3,(H,13,14,15). The molecule has 0 aliphatic carbocycles. The maximum absolute atomic E-state index is 5.31. The summed E-state index contributed by atoms with van der Waals surface area (Å²) in [7, 11) is 0. The van der Waals surface area contributed by atoms with Crippen LogP contribution in [0.1, 0.15) is 33.6 Å². The molecule has 0 saturated heterocycles. The molecule has 0 radical (unpaired) electrons. The van der Waals surface area contributed by atoms with Crippen LogP contribution >= 0.6 is 0 Å². The Labute approximate surface area is 97.5 Å². The number of rotatable bonds is 7. The number of aromatic nitrogens is 2. The molecule has 0 aromatic carbocycles. The van der Waals surface area contributed by atoms with Gasteiger partial charge >= 0.3 is 0 Å². The minimum Gasteiger partial charge on any atom is -0.478 e. The van der Waals surface area contributed by atoms with Crippen LogP contribution in [0, 0.1) is 5.92 Å². The first kappa shape index (κ1) is 12.7. The second-order valence-corrected chi connectivity index (χ2v) is 3.71. The summed E-state index contributed by atoms with van der Waals surface area (Å²) in [6.45, 7) is 7.89. The number of hydrogen-bond donors (Lipinski definition) is 1. The largest absolute Gasteiger partial charge is 0.478 e. The molecule has 1 rings (SSSR count). The Morgan fingerprint density at radius 2 is 2.06 bits per heavy atom. The maximum atomic E-state index is 5.31.